The van der Waals surface area contributed by atoms with Gasteiger partial charge in [-0.3, -0.25) is 0 Å². The molecule has 1 aliphatic heterocycles. The van der Waals surface area contributed by atoms with Gasteiger partial charge in [-0.15, -0.1) is 6.58 Å². The molecule has 1 saturated carbocycles. The summed E-state index contributed by atoms with van der Waals surface area (Å²) in [5, 5.41) is 2.68. The Labute approximate surface area is 77.5 Å². The van der Waals surface area contributed by atoms with Crippen molar-refractivity contribution in [3.63, 3.8) is 0 Å². The Balaban J connectivity index is 2.04. The second-order valence-corrected chi connectivity index (χ2v) is 3.45. The Morgan fingerprint density at radius 3 is 2.85 bits per heavy atom. The first-order valence-electron chi connectivity index (χ1n) is 4.59. The molecule has 0 aromatic rings. The summed E-state index contributed by atoms with van der Waals surface area (Å²) in [5.74, 6) is 0. The van der Waals surface area contributed by atoms with Crippen molar-refractivity contribution >= 4 is 6.09 Å². The van der Waals surface area contributed by atoms with Crippen LogP contribution in [0.4, 0.5) is 4.79 Å². The summed E-state index contributed by atoms with van der Waals surface area (Å²) < 4.78 is 5.07. The maximum Gasteiger partial charge on any atom is 0.408 e. The summed E-state index contributed by atoms with van der Waals surface area (Å²) in [4.78, 5) is 10.9. The number of hydrogen-bond acceptors (Lipinski definition) is 2. The lowest BCUT2D eigenvalue weighted by Gasteiger charge is -2.18. The summed E-state index contributed by atoms with van der Waals surface area (Å²) in [6.07, 6.45) is 6.85. The van der Waals surface area contributed by atoms with Gasteiger partial charge in [0, 0.05) is 0 Å². The SMILES string of the molecule is C=CC1NC(=O)OC1C=C1CCC1. The predicted molar refractivity (Wildman–Crippen MR) is 49.3 cm³/mol. The molecule has 0 aromatic heterocycles. The highest BCUT2D eigenvalue weighted by Crippen LogP contribution is 2.27. The molecule has 2 atom stereocenters. The number of allylic oxidation sites excluding steroid dienone is 1. The molecule has 1 N–H and O–H groups in total. The fraction of sp³-hybridized carbons (Fsp3) is 0.500. The highest BCUT2D eigenvalue weighted by molar-refractivity contribution is 5.71. The third-order valence-corrected chi connectivity index (χ3v) is 2.53. The van der Waals surface area contributed by atoms with E-state index in [2.05, 4.69) is 11.9 Å². The minimum Gasteiger partial charge on any atom is -0.439 e. The third kappa shape index (κ3) is 1.59. The van der Waals surface area contributed by atoms with E-state index in [1.807, 2.05) is 6.08 Å². The third-order valence-electron chi connectivity index (χ3n) is 2.53. The van der Waals surface area contributed by atoms with Gasteiger partial charge in [-0.05, 0) is 25.3 Å². The first-order chi connectivity index (χ1) is 6.29. The molecule has 1 heterocycles. The highest BCUT2D eigenvalue weighted by Gasteiger charge is 2.30. The molecule has 2 unspecified atom stereocenters. The van der Waals surface area contributed by atoms with Crippen molar-refractivity contribution in [2.45, 2.75) is 31.4 Å². The molecule has 2 fully saturated rings. The Kier molecular flexibility index (Phi) is 2.08. The van der Waals surface area contributed by atoms with Crippen LogP contribution in [-0.2, 0) is 4.74 Å². The van der Waals surface area contributed by atoms with Crippen LogP contribution < -0.4 is 5.32 Å². The minimum absolute atomic E-state index is 0.0550. The first kappa shape index (κ1) is 8.35. The molecule has 70 valence electrons. The summed E-state index contributed by atoms with van der Waals surface area (Å²) >= 11 is 0. The van der Waals surface area contributed by atoms with E-state index in [9.17, 15) is 4.79 Å². The van der Waals surface area contributed by atoms with Crippen LogP contribution in [0.1, 0.15) is 19.3 Å². The van der Waals surface area contributed by atoms with Gasteiger partial charge in [0.25, 0.3) is 0 Å². The van der Waals surface area contributed by atoms with Crippen molar-refractivity contribution in [1.29, 1.82) is 0 Å². The molecule has 2 rings (SSSR count). The van der Waals surface area contributed by atoms with E-state index >= 15 is 0 Å². The molecule has 0 bridgehead atoms. The zero-order valence-electron chi connectivity index (χ0n) is 7.45. The van der Waals surface area contributed by atoms with Gasteiger partial charge in [0.05, 0.1) is 6.04 Å². The number of rotatable bonds is 2. The van der Waals surface area contributed by atoms with E-state index < -0.39 is 0 Å². The number of amides is 1. The van der Waals surface area contributed by atoms with Crippen molar-refractivity contribution in [3.05, 3.63) is 24.3 Å². The summed E-state index contributed by atoms with van der Waals surface area (Å²) in [5.41, 5.74) is 1.40. The molecule has 0 radical (unpaired) electrons. The molecule has 0 aromatic carbocycles. The van der Waals surface area contributed by atoms with Crippen LogP contribution in [-0.4, -0.2) is 18.2 Å². The van der Waals surface area contributed by atoms with Gasteiger partial charge in [-0.25, -0.2) is 4.79 Å². The minimum atomic E-state index is -0.342. The van der Waals surface area contributed by atoms with Crippen LogP contribution in [0.2, 0.25) is 0 Å². The predicted octanol–water partition coefficient (Wildman–Crippen LogP) is 1.76. The molecule has 1 saturated heterocycles. The van der Waals surface area contributed by atoms with Crippen LogP contribution in [0.3, 0.4) is 0 Å². The van der Waals surface area contributed by atoms with Gasteiger partial charge in [0.2, 0.25) is 0 Å². The van der Waals surface area contributed by atoms with Crippen molar-refractivity contribution in [1.82, 2.24) is 5.32 Å². The van der Waals surface area contributed by atoms with Crippen molar-refractivity contribution in [2.24, 2.45) is 0 Å². The number of hydrogen-bond donors (Lipinski definition) is 1. The van der Waals surface area contributed by atoms with Crippen molar-refractivity contribution in [3.8, 4) is 0 Å². The largest absolute Gasteiger partial charge is 0.439 e. The van der Waals surface area contributed by atoms with Gasteiger partial charge >= 0.3 is 6.09 Å². The van der Waals surface area contributed by atoms with E-state index in [0.29, 0.717) is 0 Å². The summed E-state index contributed by atoms with van der Waals surface area (Å²) in [7, 11) is 0. The van der Waals surface area contributed by atoms with Crippen LogP contribution in [0.25, 0.3) is 0 Å². The Bertz CT molecular complexity index is 264. The Morgan fingerprint density at radius 2 is 2.31 bits per heavy atom. The van der Waals surface area contributed by atoms with E-state index in [1.54, 1.807) is 6.08 Å². The van der Waals surface area contributed by atoms with Crippen LogP contribution in [0, 0.1) is 0 Å². The molecular formula is C10H13NO2. The Morgan fingerprint density at radius 1 is 1.54 bits per heavy atom. The molecular weight excluding hydrogens is 166 g/mol. The van der Waals surface area contributed by atoms with E-state index in [1.165, 1.54) is 12.0 Å². The van der Waals surface area contributed by atoms with Crippen molar-refractivity contribution in [2.75, 3.05) is 0 Å². The van der Waals surface area contributed by atoms with Crippen LogP contribution in [0.5, 0.6) is 0 Å². The smallest absolute Gasteiger partial charge is 0.408 e. The maximum absolute atomic E-state index is 10.9. The zero-order valence-corrected chi connectivity index (χ0v) is 7.45. The van der Waals surface area contributed by atoms with Crippen LogP contribution >= 0.6 is 0 Å². The van der Waals surface area contributed by atoms with Crippen LogP contribution in [0.15, 0.2) is 24.3 Å². The second kappa shape index (κ2) is 3.24. The Hall–Kier alpha value is -1.25. The molecule has 3 heteroatoms. The molecule has 13 heavy (non-hydrogen) atoms. The molecule has 0 spiro atoms. The lowest BCUT2D eigenvalue weighted by Crippen LogP contribution is -2.28. The van der Waals surface area contributed by atoms with Crippen molar-refractivity contribution < 1.29 is 9.53 Å². The topological polar surface area (TPSA) is 38.3 Å². The monoisotopic (exact) mass is 179 g/mol. The normalized spacial score (nSPS) is 31.7. The highest BCUT2D eigenvalue weighted by atomic mass is 16.6. The molecule has 1 amide bonds. The average molecular weight is 179 g/mol. The molecule has 1 aliphatic carbocycles. The fourth-order valence-corrected chi connectivity index (χ4v) is 1.56. The number of nitrogens with one attached hydrogen (secondary N) is 1. The summed E-state index contributed by atoms with van der Waals surface area (Å²) in [6.45, 7) is 3.65. The van der Waals surface area contributed by atoms with Gasteiger partial charge < -0.3 is 10.1 Å². The number of carbonyl (C=O) groups excluding carboxylic acids is 1. The number of carbonyl (C=O) groups is 1. The first-order valence-corrected chi connectivity index (χ1v) is 4.59. The van der Waals surface area contributed by atoms with E-state index in [-0.39, 0.29) is 18.2 Å². The second-order valence-electron chi connectivity index (χ2n) is 3.45. The standard InChI is InChI=1S/C10H13NO2/c1-2-8-9(13-10(12)11-8)6-7-4-3-5-7/h2,6,8-9H,1,3-5H2,(H,11,12). The van der Waals surface area contributed by atoms with Gasteiger partial charge in [0.15, 0.2) is 0 Å². The quantitative estimate of drug-likeness (QED) is 0.656. The number of cyclic esters (lactones) is 1. The maximum atomic E-state index is 10.9. The fourth-order valence-electron chi connectivity index (χ4n) is 1.56. The molecule has 3 nitrogen and oxygen atoms in total. The number of ether oxygens (including phenoxy) is 1. The van der Waals surface area contributed by atoms with Gasteiger partial charge in [-0.1, -0.05) is 11.6 Å². The lowest BCUT2D eigenvalue weighted by atomic mass is 9.90. The zero-order chi connectivity index (χ0) is 9.26. The van der Waals surface area contributed by atoms with E-state index in [4.69, 9.17) is 4.74 Å². The molecule has 2 aliphatic rings. The van der Waals surface area contributed by atoms with E-state index in [0.717, 1.165) is 12.8 Å². The summed E-state index contributed by atoms with van der Waals surface area (Å²) in [6, 6.07) is -0.0550. The average Bonchev–Trinajstić information content (AvgIpc) is 2.38. The van der Waals surface area contributed by atoms with Gasteiger partial charge in [-0.2, -0.15) is 0 Å². The lowest BCUT2D eigenvalue weighted by molar-refractivity contribution is 0.155. The van der Waals surface area contributed by atoms with Gasteiger partial charge in [0.1, 0.15) is 6.10 Å². The number of alkyl carbamates (subject to hydrolysis) is 1.